The van der Waals surface area contributed by atoms with Crippen LogP contribution < -0.4 is 16.2 Å². The number of sulfone groups is 1. The fraction of sp³-hybridized carbons (Fsp3) is 0.412. The molecule has 1 aliphatic rings. The molecule has 9 heteroatoms. The zero-order valence-corrected chi connectivity index (χ0v) is 16.6. The Morgan fingerprint density at radius 1 is 1.23 bits per heavy atom. The summed E-state index contributed by atoms with van der Waals surface area (Å²) in [4.78, 5) is 17.9. The first kappa shape index (κ1) is 20.4. The predicted octanol–water partition coefficient (Wildman–Crippen LogP) is 1.52. The lowest BCUT2D eigenvalue weighted by atomic mass is 10.1. The van der Waals surface area contributed by atoms with E-state index in [-0.39, 0.29) is 28.9 Å². The van der Waals surface area contributed by atoms with Gasteiger partial charge in [-0.1, -0.05) is 0 Å². The van der Waals surface area contributed by atoms with Crippen LogP contribution in [0.15, 0.2) is 34.0 Å². The van der Waals surface area contributed by atoms with Crippen LogP contribution in [0, 0.1) is 0 Å². The summed E-state index contributed by atoms with van der Waals surface area (Å²) in [5, 5.41) is 6.44. The lowest BCUT2D eigenvalue weighted by molar-refractivity contribution is 0.602. The van der Waals surface area contributed by atoms with Gasteiger partial charge in [-0.15, -0.1) is 12.4 Å². The first-order valence-electron chi connectivity index (χ1n) is 8.20. The number of nitrogens with one attached hydrogen (secondary N) is 2. The molecule has 0 spiro atoms. The van der Waals surface area contributed by atoms with Crippen LogP contribution in [0.3, 0.4) is 0 Å². The first-order chi connectivity index (χ1) is 11.8. The molecule has 2 N–H and O–H groups in total. The molecule has 26 heavy (non-hydrogen) atoms. The Morgan fingerprint density at radius 3 is 2.46 bits per heavy atom. The van der Waals surface area contributed by atoms with Crippen LogP contribution in [0.1, 0.15) is 25.1 Å². The van der Waals surface area contributed by atoms with Gasteiger partial charge in [0.05, 0.1) is 16.3 Å². The molecule has 0 amide bonds. The van der Waals surface area contributed by atoms with Crippen molar-refractivity contribution in [3.63, 3.8) is 0 Å². The lowest BCUT2D eigenvalue weighted by Crippen LogP contribution is -2.36. The number of hydrogen-bond acceptors (Lipinski definition) is 6. The minimum atomic E-state index is -3.28. The van der Waals surface area contributed by atoms with Crippen molar-refractivity contribution in [2.45, 2.75) is 37.8 Å². The van der Waals surface area contributed by atoms with Crippen molar-refractivity contribution in [2.24, 2.45) is 0 Å². The van der Waals surface area contributed by atoms with Crippen molar-refractivity contribution in [1.82, 2.24) is 14.9 Å². The highest BCUT2D eigenvalue weighted by Gasteiger charge is 2.20. The second-order valence-electron chi connectivity index (χ2n) is 6.49. The van der Waals surface area contributed by atoms with Crippen LogP contribution in [-0.4, -0.2) is 36.8 Å². The van der Waals surface area contributed by atoms with E-state index in [1.807, 2.05) is 13.8 Å². The van der Waals surface area contributed by atoms with Crippen molar-refractivity contribution in [3.8, 4) is 5.69 Å². The summed E-state index contributed by atoms with van der Waals surface area (Å²) in [6.07, 6.45) is 1.79. The third kappa shape index (κ3) is 4.08. The van der Waals surface area contributed by atoms with Crippen LogP contribution in [-0.2, 0) is 22.8 Å². The van der Waals surface area contributed by atoms with Gasteiger partial charge in [-0.25, -0.2) is 18.0 Å². The van der Waals surface area contributed by atoms with Gasteiger partial charge in [-0.3, -0.25) is 4.79 Å². The topological polar surface area (TPSA) is 93.1 Å². The van der Waals surface area contributed by atoms with Crippen LogP contribution >= 0.6 is 12.4 Å². The van der Waals surface area contributed by atoms with E-state index in [1.54, 1.807) is 12.1 Å². The standard InChI is InChI=1S/C17H22N4O3S.ClH/c1-11(2)19-17-20-15-10-18-9-8-14(15)16(22)21(17)12-4-6-13(7-5-12)25(3,23)24;/h4-7,11,18H,8-10H2,1-3H3,(H,19,20);1H. The number of anilines is 1. The second kappa shape index (κ2) is 7.77. The molecule has 0 bridgehead atoms. The lowest BCUT2D eigenvalue weighted by Gasteiger charge is -2.22. The van der Waals surface area contributed by atoms with Gasteiger partial charge in [-0.2, -0.15) is 0 Å². The molecule has 0 radical (unpaired) electrons. The van der Waals surface area contributed by atoms with E-state index in [1.165, 1.54) is 16.7 Å². The van der Waals surface area contributed by atoms with E-state index in [4.69, 9.17) is 0 Å². The van der Waals surface area contributed by atoms with Gasteiger partial charge in [0.2, 0.25) is 5.95 Å². The average Bonchev–Trinajstić information content (AvgIpc) is 2.54. The fourth-order valence-corrected chi connectivity index (χ4v) is 3.48. The Balaban J connectivity index is 0.00000243. The number of rotatable bonds is 4. The number of hydrogen-bond donors (Lipinski definition) is 2. The maximum Gasteiger partial charge on any atom is 0.263 e. The van der Waals surface area contributed by atoms with E-state index < -0.39 is 9.84 Å². The Labute approximate surface area is 159 Å². The molecule has 0 saturated carbocycles. The van der Waals surface area contributed by atoms with Crippen LogP contribution in [0.4, 0.5) is 5.95 Å². The molecule has 0 saturated heterocycles. The number of benzene rings is 1. The van der Waals surface area contributed by atoms with Gasteiger partial charge in [0.15, 0.2) is 9.84 Å². The first-order valence-corrected chi connectivity index (χ1v) is 10.1. The van der Waals surface area contributed by atoms with Gasteiger partial charge in [0.1, 0.15) is 0 Å². The van der Waals surface area contributed by atoms with Crippen LogP contribution in [0.5, 0.6) is 0 Å². The van der Waals surface area contributed by atoms with Crippen molar-refractivity contribution in [3.05, 3.63) is 45.9 Å². The molecule has 0 aliphatic carbocycles. The summed E-state index contributed by atoms with van der Waals surface area (Å²) >= 11 is 0. The van der Waals surface area contributed by atoms with E-state index in [0.29, 0.717) is 30.2 Å². The number of nitrogens with zero attached hydrogens (tertiary/aromatic N) is 2. The number of halogens is 1. The van der Waals surface area contributed by atoms with Gasteiger partial charge >= 0.3 is 0 Å². The molecule has 2 aromatic rings. The van der Waals surface area contributed by atoms with E-state index >= 15 is 0 Å². The van der Waals surface area contributed by atoms with E-state index in [9.17, 15) is 13.2 Å². The zero-order chi connectivity index (χ0) is 18.2. The third-order valence-corrected chi connectivity index (χ3v) is 5.18. The molecule has 0 fully saturated rings. The Hall–Kier alpha value is -1.90. The highest BCUT2D eigenvalue weighted by atomic mass is 35.5. The van der Waals surface area contributed by atoms with E-state index in [2.05, 4.69) is 15.6 Å². The SMILES string of the molecule is CC(C)Nc1nc2c(c(=O)n1-c1ccc(S(C)(=O)=O)cc1)CCNC2.Cl. The van der Waals surface area contributed by atoms with Crippen molar-refractivity contribution < 1.29 is 8.42 Å². The molecule has 3 rings (SSSR count). The minimum Gasteiger partial charge on any atom is -0.353 e. The highest BCUT2D eigenvalue weighted by Crippen LogP contribution is 2.19. The zero-order valence-electron chi connectivity index (χ0n) is 14.9. The molecule has 142 valence electrons. The Kier molecular flexibility index (Phi) is 6.10. The Morgan fingerprint density at radius 2 is 1.88 bits per heavy atom. The highest BCUT2D eigenvalue weighted by molar-refractivity contribution is 7.90. The minimum absolute atomic E-state index is 0. The molecule has 1 aromatic carbocycles. The molecule has 1 aliphatic heterocycles. The monoisotopic (exact) mass is 398 g/mol. The summed E-state index contributed by atoms with van der Waals surface area (Å²) in [6.45, 7) is 5.26. The van der Waals surface area contributed by atoms with Gasteiger partial charge < -0.3 is 10.6 Å². The van der Waals surface area contributed by atoms with E-state index in [0.717, 1.165) is 18.5 Å². The summed E-state index contributed by atoms with van der Waals surface area (Å²) < 4.78 is 24.8. The summed E-state index contributed by atoms with van der Waals surface area (Å²) in [7, 11) is -3.28. The molecule has 2 heterocycles. The number of fused-ring (bicyclic) bond motifs is 1. The number of aromatic nitrogens is 2. The molecule has 0 atom stereocenters. The maximum absolute atomic E-state index is 13.0. The van der Waals surface area contributed by atoms with Crippen molar-refractivity contribution in [1.29, 1.82) is 0 Å². The van der Waals surface area contributed by atoms with Crippen LogP contribution in [0.25, 0.3) is 5.69 Å². The molecule has 7 nitrogen and oxygen atoms in total. The summed E-state index contributed by atoms with van der Waals surface area (Å²) in [5.74, 6) is 0.467. The average molecular weight is 399 g/mol. The smallest absolute Gasteiger partial charge is 0.263 e. The summed E-state index contributed by atoms with van der Waals surface area (Å²) in [5.41, 5.74) is 1.96. The predicted molar refractivity (Wildman–Crippen MR) is 104 cm³/mol. The molecular formula is C17H23ClN4O3S. The van der Waals surface area contributed by atoms with Gasteiger partial charge in [-0.05, 0) is 51.1 Å². The third-order valence-electron chi connectivity index (χ3n) is 4.05. The molecule has 0 unspecified atom stereocenters. The Bertz CT molecular complexity index is 953. The fourth-order valence-electron chi connectivity index (χ4n) is 2.85. The maximum atomic E-state index is 13.0. The van der Waals surface area contributed by atoms with Gasteiger partial charge in [0.25, 0.3) is 5.56 Å². The van der Waals surface area contributed by atoms with Crippen LogP contribution in [0.2, 0.25) is 0 Å². The second-order valence-corrected chi connectivity index (χ2v) is 8.51. The largest absolute Gasteiger partial charge is 0.353 e. The molecular weight excluding hydrogens is 376 g/mol. The van der Waals surface area contributed by atoms with Crippen molar-refractivity contribution >= 4 is 28.2 Å². The van der Waals surface area contributed by atoms with Gasteiger partial charge in [0, 0.05) is 24.4 Å². The quantitative estimate of drug-likeness (QED) is 0.811. The molecule has 1 aromatic heterocycles. The normalized spacial score (nSPS) is 13.8. The van der Waals surface area contributed by atoms with Crippen molar-refractivity contribution in [2.75, 3.05) is 18.1 Å². The summed E-state index contributed by atoms with van der Waals surface area (Å²) in [6, 6.07) is 6.40.